The molecule has 0 radical (unpaired) electrons. The molecule has 0 saturated carbocycles. The highest BCUT2D eigenvalue weighted by Crippen LogP contribution is 2.32. The lowest BCUT2D eigenvalue weighted by molar-refractivity contribution is 0.352. The lowest BCUT2D eigenvalue weighted by atomic mass is 10.1. The van der Waals surface area contributed by atoms with Gasteiger partial charge in [0.25, 0.3) is 0 Å². The molecular formula is C13H17N3O3. The summed E-state index contributed by atoms with van der Waals surface area (Å²) in [6.07, 6.45) is 0.733. The molecule has 2 rings (SSSR count). The van der Waals surface area contributed by atoms with Gasteiger partial charge in [-0.1, -0.05) is 12.1 Å². The average molecular weight is 263 g/mol. The summed E-state index contributed by atoms with van der Waals surface area (Å²) in [6.45, 7) is 1.96. The third-order valence-corrected chi connectivity index (χ3v) is 2.85. The molecule has 0 aliphatic rings. The number of hydrogen-bond donors (Lipinski definition) is 1. The van der Waals surface area contributed by atoms with Gasteiger partial charge >= 0.3 is 0 Å². The van der Waals surface area contributed by atoms with Crippen LogP contribution in [0.1, 0.15) is 25.3 Å². The molecule has 0 bridgehead atoms. The Morgan fingerprint density at radius 1 is 1.32 bits per heavy atom. The van der Waals surface area contributed by atoms with E-state index < -0.39 is 0 Å². The van der Waals surface area contributed by atoms with Crippen molar-refractivity contribution in [2.75, 3.05) is 14.2 Å². The number of aromatic nitrogens is 2. The normalized spacial score (nSPS) is 12.2. The van der Waals surface area contributed by atoms with Crippen molar-refractivity contribution >= 4 is 0 Å². The molecule has 0 spiro atoms. The van der Waals surface area contributed by atoms with E-state index in [1.165, 1.54) is 0 Å². The Kier molecular flexibility index (Phi) is 4.01. The van der Waals surface area contributed by atoms with Gasteiger partial charge in [0.15, 0.2) is 0 Å². The molecular weight excluding hydrogens is 246 g/mol. The predicted octanol–water partition coefficient (Wildman–Crippen LogP) is 2.16. The van der Waals surface area contributed by atoms with E-state index in [4.69, 9.17) is 19.7 Å². The zero-order valence-corrected chi connectivity index (χ0v) is 11.2. The second-order valence-corrected chi connectivity index (χ2v) is 4.04. The number of benzene rings is 1. The molecule has 2 N–H and O–H groups in total. The van der Waals surface area contributed by atoms with E-state index in [-0.39, 0.29) is 6.04 Å². The minimum Gasteiger partial charge on any atom is -0.497 e. The van der Waals surface area contributed by atoms with E-state index in [9.17, 15) is 0 Å². The molecule has 102 valence electrons. The second-order valence-electron chi connectivity index (χ2n) is 4.04. The molecule has 6 heteroatoms. The first kappa shape index (κ1) is 13.4. The van der Waals surface area contributed by atoms with Crippen LogP contribution >= 0.6 is 0 Å². The van der Waals surface area contributed by atoms with Gasteiger partial charge in [-0.2, -0.15) is 4.98 Å². The van der Waals surface area contributed by atoms with Crippen LogP contribution in [0.2, 0.25) is 0 Å². The summed E-state index contributed by atoms with van der Waals surface area (Å²) in [4.78, 5) is 4.30. The highest BCUT2D eigenvalue weighted by molar-refractivity contribution is 5.66. The van der Waals surface area contributed by atoms with E-state index in [1.807, 2.05) is 6.92 Å². The van der Waals surface area contributed by atoms with Gasteiger partial charge < -0.3 is 19.7 Å². The van der Waals surface area contributed by atoms with Crippen LogP contribution in [0, 0.1) is 0 Å². The van der Waals surface area contributed by atoms with E-state index in [0.29, 0.717) is 28.8 Å². The Hall–Kier alpha value is -2.08. The summed E-state index contributed by atoms with van der Waals surface area (Å²) in [7, 11) is 3.18. The van der Waals surface area contributed by atoms with Crippen LogP contribution in [-0.4, -0.2) is 24.4 Å². The topological polar surface area (TPSA) is 83.4 Å². The standard InChI is InChI=1S/C13H17N3O3/c1-4-10(14)13-15-12(16-19-13)9-7-8(17-2)5-6-11(9)18-3/h5-7,10H,4,14H2,1-3H3. The minimum absolute atomic E-state index is 0.252. The maximum absolute atomic E-state index is 5.86. The van der Waals surface area contributed by atoms with E-state index in [2.05, 4.69) is 10.1 Å². The van der Waals surface area contributed by atoms with Crippen molar-refractivity contribution in [1.29, 1.82) is 0 Å². The third-order valence-electron chi connectivity index (χ3n) is 2.85. The molecule has 1 unspecified atom stereocenters. The molecule has 1 aromatic heterocycles. The van der Waals surface area contributed by atoms with Crippen molar-refractivity contribution in [2.45, 2.75) is 19.4 Å². The molecule has 19 heavy (non-hydrogen) atoms. The maximum Gasteiger partial charge on any atom is 0.243 e. The van der Waals surface area contributed by atoms with E-state index in [0.717, 1.165) is 6.42 Å². The summed E-state index contributed by atoms with van der Waals surface area (Å²) < 4.78 is 15.6. The molecule has 0 saturated heterocycles. The highest BCUT2D eigenvalue weighted by atomic mass is 16.5. The SMILES string of the molecule is CCC(N)c1nc(-c2cc(OC)ccc2OC)no1. The molecule has 1 atom stereocenters. The summed E-state index contributed by atoms with van der Waals surface area (Å²) in [5.74, 6) is 2.21. The van der Waals surface area contributed by atoms with Crippen molar-refractivity contribution in [2.24, 2.45) is 5.73 Å². The molecule has 0 aliphatic carbocycles. The van der Waals surface area contributed by atoms with Gasteiger partial charge in [-0.3, -0.25) is 0 Å². The predicted molar refractivity (Wildman–Crippen MR) is 70.1 cm³/mol. The molecule has 1 heterocycles. The molecule has 0 fully saturated rings. The van der Waals surface area contributed by atoms with Gasteiger partial charge in [0.2, 0.25) is 11.7 Å². The maximum atomic E-state index is 5.86. The summed E-state index contributed by atoms with van der Waals surface area (Å²) >= 11 is 0. The Bertz CT molecular complexity index is 554. The fraction of sp³-hybridized carbons (Fsp3) is 0.385. The smallest absolute Gasteiger partial charge is 0.243 e. The zero-order valence-electron chi connectivity index (χ0n) is 11.2. The zero-order chi connectivity index (χ0) is 13.8. The monoisotopic (exact) mass is 263 g/mol. The fourth-order valence-electron chi connectivity index (χ4n) is 1.66. The second kappa shape index (κ2) is 5.71. The number of hydrogen-bond acceptors (Lipinski definition) is 6. The van der Waals surface area contributed by atoms with Crippen LogP contribution < -0.4 is 15.2 Å². The average Bonchev–Trinajstić information content (AvgIpc) is 2.95. The first-order valence-electron chi connectivity index (χ1n) is 6.01. The van der Waals surface area contributed by atoms with Crippen LogP contribution in [0.3, 0.4) is 0 Å². The van der Waals surface area contributed by atoms with Gasteiger partial charge in [0, 0.05) is 0 Å². The number of methoxy groups -OCH3 is 2. The van der Waals surface area contributed by atoms with Crippen molar-refractivity contribution in [3.05, 3.63) is 24.1 Å². The summed E-state index contributed by atoms with van der Waals surface area (Å²) in [6, 6.07) is 5.15. The van der Waals surface area contributed by atoms with Gasteiger partial charge in [-0.05, 0) is 24.6 Å². The quantitative estimate of drug-likeness (QED) is 0.890. The van der Waals surface area contributed by atoms with Crippen LogP contribution in [0.15, 0.2) is 22.7 Å². The van der Waals surface area contributed by atoms with Gasteiger partial charge in [-0.25, -0.2) is 0 Å². The fourth-order valence-corrected chi connectivity index (χ4v) is 1.66. The number of ether oxygens (including phenoxy) is 2. The third kappa shape index (κ3) is 2.68. The van der Waals surface area contributed by atoms with Crippen molar-refractivity contribution in [3.8, 4) is 22.9 Å². The summed E-state index contributed by atoms with van der Waals surface area (Å²) in [5, 5.41) is 3.94. The van der Waals surface area contributed by atoms with Crippen molar-refractivity contribution in [3.63, 3.8) is 0 Å². The van der Waals surface area contributed by atoms with Crippen LogP contribution in [-0.2, 0) is 0 Å². The van der Waals surface area contributed by atoms with E-state index in [1.54, 1.807) is 32.4 Å². The van der Waals surface area contributed by atoms with Crippen molar-refractivity contribution in [1.82, 2.24) is 10.1 Å². The number of nitrogens with two attached hydrogens (primary N) is 1. The van der Waals surface area contributed by atoms with Gasteiger partial charge in [-0.15, -0.1) is 0 Å². The molecule has 2 aromatic rings. The highest BCUT2D eigenvalue weighted by Gasteiger charge is 2.17. The van der Waals surface area contributed by atoms with Crippen LogP contribution in [0.4, 0.5) is 0 Å². The summed E-state index contributed by atoms with van der Waals surface area (Å²) in [5.41, 5.74) is 6.57. The van der Waals surface area contributed by atoms with Gasteiger partial charge in [0.1, 0.15) is 11.5 Å². The Balaban J connectivity index is 2.42. The molecule has 1 aromatic carbocycles. The number of nitrogens with zero attached hydrogens (tertiary/aromatic N) is 2. The van der Waals surface area contributed by atoms with Crippen molar-refractivity contribution < 1.29 is 14.0 Å². The minimum atomic E-state index is -0.252. The van der Waals surface area contributed by atoms with Crippen LogP contribution in [0.5, 0.6) is 11.5 Å². The largest absolute Gasteiger partial charge is 0.497 e. The lowest BCUT2D eigenvalue weighted by Crippen LogP contribution is -2.08. The molecule has 6 nitrogen and oxygen atoms in total. The Morgan fingerprint density at radius 2 is 2.11 bits per heavy atom. The lowest BCUT2D eigenvalue weighted by Gasteiger charge is -2.07. The van der Waals surface area contributed by atoms with E-state index >= 15 is 0 Å². The number of rotatable bonds is 5. The molecule has 0 amide bonds. The van der Waals surface area contributed by atoms with Crippen LogP contribution in [0.25, 0.3) is 11.4 Å². The Labute approximate surface area is 111 Å². The van der Waals surface area contributed by atoms with Gasteiger partial charge in [0.05, 0.1) is 25.8 Å². The first-order valence-corrected chi connectivity index (χ1v) is 6.01. The molecule has 0 aliphatic heterocycles. The first-order chi connectivity index (χ1) is 9.19. The Morgan fingerprint density at radius 3 is 2.74 bits per heavy atom.